The second-order valence-corrected chi connectivity index (χ2v) is 4.34. The molecule has 0 radical (unpaired) electrons. The standard InChI is InChI=1S/C11H8ClNO2/c12-7-1-2-8-9(5-7)15-10(13-8)11(6-14)3-4-11/h1-2,5-6H,3-4H2. The highest BCUT2D eigenvalue weighted by Gasteiger charge is 2.49. The predicted molar refractivity (Wildman–Crippen MR) is 56.0 cm³/mol. The third-order valence-corrected chi connectivity index (χ3v) is 3.03. The van der Waals surface area contributed by atoms with Crippen LogP contribution in [-0.2, 0) is 10.2 Å². The molecule has 15 heavy (non-hydrogen) atoms. The van der Waals surface area contributed by atoms with E-state index in [2.05, 4.69) is 4.98 Å². The number of carbonyl (C=O) groups excluding carboxylic acids is 1. The minimum absolute atomic E-state index is 0.453. The van der Waals surface area contributed by atoms with Gasteiger partial charge in [-0.1, -0.05) is 11.6 Å². The number of hydrogen-bond acceptors (Lipinski definition) is 3. The molecule has 4 heteroatoms. The molecule has 3 nitrogen and oxygen atoms in total. The molecule has 1 heterocycles. The van der Waals surface area contributed by atoms with E-state index in [1.807, 2.05) is 0 Å². The third-order valence-electron chi connectivity index (χ3n) is 2.79. The summed E-state index contributed by atoms with van der Waals surface area (Å²) >= 11 is 5.83. The summed E-state index contributed by atoms with van der Waals surface area (Å²) in [5, 5.41) is 0.612. The second-order valence-electron chi connectivity index (χ2n) is 3.91. The predicted octanol–water partition coefficient (Wildman–Crippen LogP) is 2.71. The van der Waals surface area contributed by atoms with Gasteiger partial charge in [0.05, 0.1) is 0 Å². The van der Waals surface area contributed by atoms with Crippen LogP contribution in [0.5, 0.6) is 0 Å². The smallest absolute Gasteiger partial charge is 0.208 e. The first-order valence-electron chi connectivity index (χ1n) is 4.76. The van der Waals surface area contributed by atoms with E-state index in [4.69, 9.17) is 16.0 Å². The molecule has 1 aliphatic carbocycles. The van der Waals surface area contributed by atoms with E-state index in [9.17, 15) is 4.79 Å². The summed E-state index contributed by atoms with van der Waals surface area (Å²) in [5.41, 5.74) is 0.944. The number of aldehydes is 1. The van der Waals surface area contributed by atoms with Crippen molar-refractivity contribution in [1.82, 2.24) is 4.98 Å². The Balaban J connectivity index is 2.18. The van der Waals surface area contributed by atoms with E-state index in [0.717, 1.165) is 24.6 Å². The molecule has 1 aliphatic rings. The van der Waals surface area contributed by atoms with Gasteiger partial charge in [-0.2, -0.15) is 0 Å². The Morgan fingerprint density at radius 1 is 1.47 bits per heavy atom. The Labute approximate surface area is 91.0 Å². The minimum atomic E-state index is -0.453. The normalized spacial score (nSPS) is 17.9. The fraction of sp³-hybridized carbons (Fsp3) is 0.273. The summed E-state index contributed by atoms with van der Waals surface area (Å²) in [5.74, 6) is 0.523. The van der Waals surface area contributed by atoms with Crippen LogP contribution in [0.25, 0.3) is 11.1 Å². The van der Waals surface area contributed by atoms with Crippen molar-refractivity contribution in [2.75, 3.05) is 0 Å². The molecule has 1 aromatic carbocycles. The lowest BCUT2D eigenvalue weighted by molar-refractivity contribution is -0.110. The fourth-order valence-electron chi connectivity index (χ4n) is 1.63. The number of carbonyl (C=O) groups is 1. The monoisotopic (exact) mass is 221 g/mol. The number of aromatic nitrogens is 1. The first-order chi connectivity index (χ1) is 7.23. The van der Waals surface area contributed by atoms with Gasteiger partial charge in [-0.15, -0.1) is 0 Å². The highest BCUT2D eigenvalue weighted by Crippen LogP contribution is 2.46. The van der Waals surface area contributed by atoms with Gasteiger partial charge in [0.1, 0.15) is 17.2 Å². The van der Waals surface area contributed by atoms with Gasteiger partial charge in [0.25, 0.3) is 0 Å². The Kier molecular flexibility index (Phi) is 1.68. The van der Waals surface area contributed by atoms with Crippen molar-refractivity contribution < 1.29 is 9.21 Å². The van der Waals surface area contributed by atoms with Gasteiger partial charge in [0.2, 0.25) is 5.89 Å². The topological polar surface area (TPSA) is 43.1 Å². The molecule has 76 valence electrons. The van der Waals surface area contributed by atoms with E-state index in [1.54, 1.807) is 18.2 Å². The summed E-state index contributed by atoms with van der Waals surface area (Å²) in [7, 11) is 0. The van der Waals surface area contributed by atoms with Crippen LogP contribution in [0.2, 0.25) is 5.02 Å². The van der Waals surface area contributed by atoms with E-state index in [-0.39, 0.29) is 0 Å². The number of nitrogens with zero attached hydrogens (tertiary/aromatic N) is 1. The van der Waals surface area contributed by atoms with Gasteiger partial charge in [0.15, 0.2) is 5.58 Å². The number of halogens is 1. The van der Waals surface area contributed by atoms with Crippen molar-refractivity contribution in [3.63, 3.8) is 0 Å². The molecule has 0 bridgehead atoms. The summed E-state index contributed by atoms with van der Waals surface area (Å²) < 4.78 is 5.54. The van der Waals surface area contributed by atoms with Crippen LogP contribution in [0.3, 0.4) is 0 Å². The van der Waals surface area contributed by atoms with Crippen LogP contribution in [-0.4, -0.2) is 11.3 Å². The quantitative estimate of drug-likeness (QED) is 0.733. The zero-order valence-electron chi connectivity index (χ0n) is 7.87. The van der Waals surface area contributed by atoms with Crippen LogP contribution >= 0.6 is 11.6 Å². The Morgan fingerprint density at radius 3 is 2.93 bits per heavy atom. The molecule has 0 aliphatic heterocycles. The maximum atomic E-state index is 10.9. The van der Waals surface area contributed by atoms with Crippen LogP contribution < -0.4 is 0 Å². The van der Waals surface area contributed by atoms with Gasteiger partial charge in [-0.05, 0) is 25.0 Å². The maximum Gasteiger partial charge on any atom is 0.208 e. The molecular formula is C11H8ClNO2. The number of fused-ring (bicyclic) bond motifs is 1. The lowest BCUT2D eigenvalue weighted by atomic mass is 10.1. The van der Waals surface area contributed by atoms with Crippen molar-refractivity contribution >= 4 is 29.0 Å². The highest BCUT2D eigenvalue weighted by molar-refractivity contribution is 6.31. The molecule has 0 unspecified atom stereocenters. The second kappa shape index (κ2) is 2.83. The summed E-state index contributed by atoms with van der Waals surface area (Å²) in [6, 6.07) is 5.27. The number of hydrogen-bond donors (Lipinski definition) is 0. The zero-order chi connectivity index (χ0) is 10.5. The molecule has 0 N–H and O–H groups in total. The number of benzene rings is 1. The Morgan fingerprint density at radius 2 is 2.27 bits per heavy atom. The van der Waals surface area contributed by atoms with Crippen molar-refractivity contribution in [2.24, 2.45) is 0 Å². The van der Waals surface area contributed by atoms with Gasteiger partial charge >= 0.3 is 0 Å². The first-order valence-corrected chi connectivity index (χ1v) is 5.14. The zero-order valence-corrected chi connectivity index (χ0v) is 8.62. The molecular weight excluding hydrogens is 214 g/mol. The van der Waals surface area contributed by atoms with E-state index >= 15 is 0 Å². The minimum Gasteiger partial charge on any atom is -0.440 e. The van der Waals surface area contributed by atoms with Crippen LogP contribution in [0.4, 0.5) is 0 Å². The molecule has 0 spiro atoms. The molecule has 0 atom stereocenters. The van der Waals surface area contributed by atoms with Gasteiger partial charge in [-0.3, -0.25) is 0 Å². The molecule has 1 saturated carbocycles. The third kappa shape index (κ3) is 1.27. The van der Waals surface area contributed by atoms with Gasteiger partial charge in [0, 0.05) is 11.1 Å². The lowest BCUT2D eigenvalue weighted by Crippen LogP contribution is -2.07. The maximum absolute atomic E-state index is 10.9. The molecule has 0 amide bonds. The summed E-state index contributed by atoms with van der Waals surface area (Å²) in [6.45, 7) is 0. The molecule has 2 aromatic rings. The van der Waals surface area contributed by atoms with Crippen LogP contribution in [0, 0.1) is 0 Å². The number of rotatable bonds is 2. The largest absolute Gasteiger partial charge is 0.440 e. The Bertz CT molecular complexity index is 543. The Hall–Kier alpha value is -1.35. The van der Waals surface area contributed by atoms with Crippen molar-refractivity contribution in [1.29, 1.82) is 0 Å². The van der Waals surface area contributed by atoms with E-state index in [1.165, 1.54) is 0 Å². The average Bonchev–Trinajstić information content (AvgIpc) is 2.93. The lowest BCUT2D eigenvalue weighted by Gasteiger charge is -1.97. The molecule has 1 aromatic heterocycles. The average molecular weight is 222 g/mol. The van der Waals surface area contributed by atoms with Crippen LogP contribution in [0.15, 0.2) is 22.6 Å². The van der Waals surface area contributed by atoms with Gasteiger partial charge < -0.3 is 9.21 Å². The highest BCUT2D eigenvalue weighted by atomic mass is 35.5. The van der Waals surface area contributed by atoms with Crippen molar-refractivity contribution in [3.05, 3.63) is 29.1 Å². The fourth-order valence-corrected chi connectivity index (χ4v) is 1.79. The molecule has 0 saturated heterocycles. The SMILES string of the molecule is O=CC1(c2nc3ccc(Cl)cc3o2)CC1. The number of oxazole rings is 1. The van der Waals surface area contributed by atoms with E-state index in [0.29, 0.717) is 16.5 Å². The van der Waals surface area contributed by atoms with Crippen LogP contribution in [0.1, 0.15) is 18.7 Å². The van der Waals surface area contributed by atoms with Crippen molar-refractivity contribution in [2.45, 2.75) is 18.3 Å². The molecule has 1 fully saturated rings. The van der Waals surface area contributed by atoms with Gasteiger partial charge in [-0.25, -0.2) is 4.98 Å². The first kappa shape index (κ1) is 8.92. The summed E-state index contributed by atoms with van der Waals surface area (Å²) in [4.78, 5) is 15.2. The van der Waals surface area contributed by atoms with E-state index < -0.39 is 5.41 Å². The molecule has 3 rings (SSSR count). The van der Waals surface area contributed by atoms with Crippen molar-refractivity contribution in [3.8, 4) is 0 Å². The summed E-state index contributed by atoms with van der Waals surface area (Å²) in [6.07, 6.45) is 2.59.